The van der Waals surface area contributed by atoms with E-state index in [1.54, 1.807) is 61.8 Å². The molecule has 6 aromatic rings. The minimum atomic E-state index is -0.899. The van der Waals surface area contributed by atoms with Gasteiger partial charge in [-0.1, -0.05) is 39.1 Å². The molecule has 1 aliphatic rings. The molecule has 0 fully saturated rings. The molecule has 0 aliphatic carbocycles. The summed E-state index contributed by atoms with van der Waals surface area (Å²) in [6.07, 6.45) is 5.51. The predicted molar refractivity (Wildman–Crippen MR) is 222 cm³/mol. The van der Waals surface area contributed by atoms with Gasteiger partial charge in [0.25, 0.3) is 11.9 Å². The van der Waals surface area contributed by atoms with E-state index in [0.29, 0.717) is 28.5 Å². The molecule has 326 valence electrons. The molecule has 0 spiro atoms. The van der Waals surface area contributed by atoms with Crippen LogP contribution in [0.1, 0.15) is 59.2 Å². The third-order valence-corrected chi connectivity index (χ3v) is 8.49. The predicted octanol–water partition coefficient (Wildman–Crippen LogP) is 4.38. The van der Waals surface area contributed by atoms with Gasteiger partial charge in [-0.25, -0.2) is 23.7 Å². The SMILES string of the molecule is C.C.CCOC(=O)N(Cc1cccc(C(=O)OC)c1)c1nc(-n2cccn2)nc(N)c1[N+](=O)[O-].COC(=O)c1cccc(CN2C(=O)Cc3c(N)nc(-n4cccn4)nc32)c1.[O-2]. The zero-order valence-electron chi connectivity index (χ0n) is 32.1. The van der Waals surface area contributed by atoms with Gasteiger partial charge in [0.2, 0.25) is 17.5 Å². The molecule has 2 amide bonds. The van der Waals surface area contributed by atoms with E-state index in [0.717, 1.165) is 10.5 Å². The van der Waals surface area contributed by atoms with Crippen LogP contribution in [0.5, 0.6) is 0 Å². The number of carbonyl (C=O) groups excluding carboxylic acids is 4. The zero-order chi connectivity index (χ0) is 42.2. The van der Waals surface area contributed by atoms with Crippen LogP contribution in [-0.2, 0) is 44.0 Å². The lowest BCUT2D eigenvalue weighted by atomic mass is 10.1. The molecule has 62 heavy (non-hydrogen) atoms. The number of nitro groups is 1. The molecular formula is C39H43N13O10-2. The number of fused-ring (bicyclic) bond motifs is 1. The number of methoxy groups -OCH3 is 2. The van der Waals surface area contributed by atoms with E-state index >= 15 is 0 Å². The fourth-order valence-corrected chi connectivity index (χ4v) is 5.81. The van der Waals surface area contributed by atoms with Crippen LogP contribution in [0.25, 0.3) is 11.9 Å². The van der Waals surface area contributed by atoms with E-state index in [9.17, 15) is 29.3 Å². The van der Waals surface area contributed by atoms with Gasteiger partial charge in [-0.05, 0) is 54.4 Å². The summed E-state index contributed by atoms with van der Waals surface area (Å²) >= 11 is 0. The van der Waals surface area contributed by atoms with Gasteiger partial charge in [-0.3, -0.25) is 24.7 Å². The first-order chi connectivity index (χ1) is 28.4. The van der Waals surface area contributed by atoms with Gasteiger partial charge in [-0.2, -0.15) is 30.1 Å². The van der Waals surface area contributed by atoms with E-state index in [1.807, 2.05) is 6.07 Å². The number of amides is 2. The molecule has 0 atom stereocenters. The van der Waals surface area contributed by atoms with Gasteiger partial charge < -0.3 is 31.2 Å². The Balaban J connectivity index is 0.000000318. The number of esters is 2. The number of nitrogen functional groups attached to an aromatic ring is 2. The standard InChI is InChI=1S/C19H19N7O6.C18H16N6O3.2CH4.O/c1-3-32-19(28)24(11-12-6-4-7-13(10-12)17(27)31-2)16-14(26(29)30)15(20)22-18(23-16)25-9-5-8-21-25;1-27-17(26)12-5-2-4-11(8-12)10-23-14(25)9-13-15(19)21-18(22-16(13)23)24-7-3-6-20-24;;;/h4-10H,3,11H2,1-2H3,(H2,20,22,23);2-8H,9-10H2,1H3,(H2,19,21,22);2*1H4;/q;;;;-2. The van der Waals surface area contributed by atoms with Gasteiger partial charge >= 0.3 is 23.7 Å². The third-order valence-electron chi connectivity index (χ3n) is 8.49. The molecule has 0 saturated carbocycles. The first kappa shape index (κ1) is 48.0. The normalized spacial score (nSPS) is 11.0. The number of nitrogens with two attached hydrogens (primary N) is 2. The monoisotopic (exact) mass is 853 g/mol. The maximum absolute atomic E-state index is 12.8. The summed E-state index contributed by atoms with van der Waals surface area (Å²) in [5.41, 5.74) is 13.7. The average Bonchev–Trinajstić information content (AvgIpc) is 4.03. The van der Waals surface area contributed by atoms with Crippen LogP contribution in [0.4, 0.5) is 33.8 Å². The Bertz CT molecular complexity index is 2530. The Morgan fingerprint density at radius 1 is 0.823 bits per heavy atom. The molecule has 23 heteroatoms. The number of carbonyl (C=O) groups is 4. The van der Waals surface area contributed by atoms with Crippen molar-refractivity contribution in [3.8, 4) is 11.9 Å². The van der Waals surface area contributed by atoms with Crippen LogP contribution in [-0.4, -0.2) is 89.2 Å². The van der Waals surface area contributed by atoms with Crippen molar-refractivity contribution in [3.05, 3.63) is 123 Å². The molecule has 2 aromatic carbocycles. The highest BCUT2D eigenvalue weighted by Gasteiger charge is 2.34. The summed E-state index contributed by atoms with van der Waals surface area (Å²) in [6.45, 7) is 1.65. The number of nitrogens with zero attached hydrogens (tertiary/aromatic N) is 11. The van der Waals surface area contributed by atoms with Crippen molar-refractivity contribution in [1.82, 2.24) is 39.5 Å². The second kappa shape index (κ2) is 21.1. The number of hydrogen-bond acceptors (Lipinski definition) is 17. The Hall–Kier alpha value is -8.34. The number of benzene rings is 2. The molecule has 0 unspecified atom stereocenters. The van der Waals surface area contributed by atoms with Gasteiger partial charge in [-0.15, -0.1) is 0 Å². The number of aromatic nitrogens is 8. The van der Waals surface area contributed by atoms with Crippen molar-refractivity contribution in [1.29, 1.82) is 0 Å². The topological polar surface area (TPSA) is 313 Å². The summed E-state index contributed by atoms with van der Waals surface area (Å²) in [5.74, 6) is -1.05. The Labute approximate surface area is 354 Å². The maximum atomic E-state index is 12.8. The van der Waals surface area contributed by atoms with Crippen molar-refractivity contribution >= 4 is 52.9 Å². The van der Waals surface area contributed by atoms with Crippen LogP contribution in [0.15, 0.2) is 85.5 Å². The van der Waals surface area contributed by atoms with Crippen molar-refractivity contribution in [2.75, 3.05) is 42.1 Å². The molecule has 23 nitrogen and oxygen atoms in total. The second-order valence-corrected chi connectivity index (χ2v) is 12.3. The molecule has 4 aromatic heterocycles. The molecule has 0 radical (unpaired) electrons. The Morgan fingerprint density at radius 3 is 1.90 bits per heavy atom. The zero-order valence-corrected chi connectivity index (χ0v) is 32.1. The van der Waals surface area contributed by atoms with Crippen LogP contribution in [0, 0.1) is 10.1 Å². The van der Waals surface area contributed by atoms with Gasteiger partial charge in [0.1, 0.15) is 11.6 Å². The fraction of sp³-hybridized carbons (Fsp3) is 0.231. The largest absolute Gasteiger partial charge is 2.00 e. The van der Waals surface area contributed by atoms with E-state index in [-0.39, 0.29) is 75.5 Å². The quantitative estimate of drug-likeness (QED) is 0.0790. The van der Waals surface area contributed by atoms with E-state index < -0.39 is 34.5 Å². The Morgan fingerprint density at radius 2 is 1.37 bits per heavy atom. The molecule has 4 N–H and O–H groups in total. The highest BCUT2D eigenvalue weighted by molar-refractivity contribution is 6.01. The number of ether oxygens (including phenoxy) is 3. The minimum absolute atomic E-state index is 0. The highest BCUT2D eigenvalue weighted by atomic mass is 16.6. The second-order valence-electron chi connectivity index (χ2n) is 12.3. The summed E-state index contributed by atoms with van der Waals surface area (Å²) in [6, 6.07) is 16.5. The van der Waals surface area contributed by atoms with E-state index in [4.69, 9.17) is 25.7 Å². The Kier molecular flexibility index (Phi) is 16.3. The molecule has 0 saturated heterocycles. The van der Waals surface area contributed by atoms with Gasteiger partial charge in [0, 0.05) is 30.4 Å². The van der Waals surface area contributed by atoms with Crippen molar-refractivity contribution in [3.63, 3.8) is 0 Å². The lowest BCUT2D eigenvalue weighted by molar-refractivity contribution is -0.383. The maximum Gasteiger partial charge on any atom is 0.415 e. The molecular weight excluding hydrogens is 811 g/mol. The van der Waals surface area contributed by atoms with E-state index in [1.165, 1.54) is 53.0 Å². The summed E-state index contributed by atoms with van der Waals surface area (Å²) < 4.78 is 17.3. The van der Waals surface area contributed by atoms with Gasteiger partial charge in [0.05, 0.1) is 56.4 Å². The van der Waals surface area contributed by atoms with Crippen molar-refractivity contribution < 1.29 is 43.8 Å². The van der Waals surface area contributed by atoms with Crippen LogP contribution in [0.3, 0.4) is 0 Å². The fourth-order valence-electron chi connectivity index (χ4n) is 5.81. The lowest BCUT2D eigenvalue weighted by Gasteiger charge is -2.21. The average molecular weight is 854 g/mol. The van der Waals surface area contributed by atoms with Crippen LogP contribution >= 0.6 is 0 Å². The summed E-state index contributed by atoms with van der Waals surface area (Å²) in [4.78, 5) is 79.2. The first-order valence-corrected chi connectivity index (χ1v) is 17.5. The van der Waals surface area contributed by atoms with Crippen molar-refractivity contribution in [2.24, 2.45) is 0 Å². The van der Waals surface area contributed by atoms with Crippen molar-refractivity contribution in [2.45, 2.75) is 41.3 Å². The third kappa shape index (κ3) is 10.4. The smallest absolute Gasteiger partial charge is 0.415 e. The van der Waals surface area contributed by atoms with Gasteiger partial charge in [0.15, 0.2) is 0 Å². The highest BCUT2D eigenvalue weighted by Crippen LogP contribution is 2.34. The number of rotatable bonds is 11. The first-order valence-electron chi connectivity index (χ1n) is 17.5. The number of hydrogen-bond donors (Lipinski definition) is 2. The molecule has 7 rings (SSSR count). The molecule has 5 heterocycles. The summed E-state index contributed by atoms with van der Waals surface area (Å²) in [7, 11) is 2.57. The molecule has 1 aliphatic heterocycles. The lowest BCUT2D eigenvalue weighted by Crippen LogP contribution is -2.33. The number of anilines is 4. The van der Waals surface area contributed by atoms with Crippen LogP contribution < -0.4 is 21.3 Å². The summed E-state index contributed by atoms with van der Waals surface area (Å²) in [5, 5.41) is 19.8. The van der Waals surface area contributed by atoms with E-state index in [2.05, 4.69) is 30.1 Å². The van der Waals surface area contributed by atoms with Crippen LogP contribution in [0.2, 0.25) is 0 Å². The molecule has 0 bridgehead atoms. The minimum Gasteiger partial charge on any atom is -2.00 e.